The van der Waals surface area contributed by atoms with Crippen molar-refractivity contribution in [2.45, 2.75) is 38.3 Å². The van der Waals surface area contributed by atoms with E-state index in [0.717, 1.165) is 33.9 Å². The minimum Gasteiger partial charge on any atom is -0.340 e. The lowest BCUT2D eigenvalue weighted by molar-refractivity contribution is 0.0541. The summed E-state index contributed by atoms with van der Waals surface area (Å²) in [7, 11) is -4.00. The van der Waals surface area contributed by atoms with Crippen LogP contribution in [0.3, 0.4) is 0 Å². The minimum absolute atomic E-state index is 0.0923. The predicted molar refractivity (Wildman–Crippen MR) is 137 cm³/mol. The fourth-order valence-corrected chi connectivity index (χ4v) is 6.72. The number of rotatable bonds is 6. The summed E-state index contributed by atoms with van der Waals surface area (Å²) in [6.45, 7) is 0.879. The summed E-state index contributed by atoms with van der Waals surface area (Å²) in [5.74, 6) is -0.380. The summed E-state index contributed by atoms with van der Waals surface area (Å²) in [6.07, 6.45) is 3.25. The normalized spacial score (nSPS) is 15.1. The minimum atomic E-state index is -4.00. The van der Waals surface area contributed by atoms with Gasteiger partial charge < -0.3 is 4.57 Å². The highest BCUT2D eigenvalue weighted by Gasteiger charge is 2.32. The highest BCUT2D eigenvalue weighted by molar-refractivity contribution is 7.89. The second-order valence-electron chi connectivity index (χ2n) is 8.92. The summed E-state index contributed by atoms with van der Waals surface area (Å²) in [5.41, 5.74) is 4.07. The lowest BCUT2D eigenvalue weighted by atomic mass is 9.97. The molecule has 0 bridgehead atoms. The van der Waals surface area contributed by atoms with E-state index in [9.17, 15) is 21.6 Å². The zero-order valence-corrected chi connectivity index (χ0v) is 21.7. The van der Waals surface area contributed by atoms with Gasteiger partial charge in [0.15, 0.2) is 0 Å². The van der Waals surface area contributed by atoms with Gasteiger partial charge >= 0.3 is 6.55 Å². The Bertz CT molecular complexity index is 1620. The van der Waals surface area contributed by atoms with Gasteiger partial charge in [0.25, 0.3) is 0 Å². The maximum Gasteiger partial charge on any atom is 0.333 e. The van der Waals surface area contributed by atoms with Gasteiger partial charge in [0.1, 0.15) is 10.7 Å². The van der Waals surface area contributed by atoms with Crippen molar-refractivity contribution in [3.05, 3.63) is 88.1 Å². The molecule has 1 aliphatic rings. The van der Waals surface area contributed by atoms with Crippen LogP contribution in [0.2, 0.25) is 5.02 Å². The van der Waals surface area contributed by atoms with Crippen LogP contribution >= 0.6 is 11.6 Å². The summed E-state index contributed by atoms with van der Waals surface area (Å²) in [5, 5.41) is 4.87. The van der Waals surface area contributed by atoms with E-state index in [2.05, 4.69) is 5.10 Å². The average molecular weight is 549 g/mol. The zero-order chi connectivity index (χ0) is 26.5. The molecule has 4 aromatic rings. The molecule has 11 heteroatoms. The topological polar surface area (TPSA) is 60.1 Å². The zero-order valence-electron chi connectivity index (χ0n) is 20.1. The Balaban J connectivity index is 1.50. The van der Waals surface area contributed by atoms with Crippen molar-refractivity contribution >= 4 is 38.1 Å². The molecule has 0 radical (unpaired) electrons. The SMILES string of the molecule is Cc1c(S(=O)(=O)N2CC=C(c3c(C)n(Cc4c(F)cccc4Cl)c4ccccc34)CC2)cnn1C(F)F. The van der Waals surface area contributed by atoms with Gasteiger partial charge in [-0.15, -0.1) is 0 Å². The first-order valence-corrected chi connectivity index (χ1v) is 13.5. The standard InChI is InChI=1S/C26H24ClF3N4O2S/c1-16-24(14-31-34(16)26(29)30)37(35,36)32-12-10-18(11-13-32)25-17(2)33(23-9-4-3-6-19(23)25)15-20-21(27)7-5-8-22(20)28/h3-10,14,26H,11-13,15H2,1-2H3. The summed E-state index contributed by atoms with van der Waals surface area (Å²) < 4.78 is 70.9. The quantitative estimate of drug-likeness (QED) is 0.289. The Morgan fingerprint density at radius 2 is 1.84 bits per heavy atom. The van der Waals surface area contributed by atoms with Crippen LogP contribution in [0.5, 0.6) is 0 Å². The number of benzene rings is 2. The Morgan fingerprint density at radius 3 is 2.49 bits per heavy atom. The third-order valence-corrected chi connectivity index (χ3v) is 9.23. The maximum atomic E-state index is 14.6. The first-order chi connectivity index (χ1) is 17.6. The van der Waals surface area contributed by atoms with E-state index in [1.807, 2.05) is 41.8 Å². The molecule has 37 heavy (non-hydrogen) atoms. The molecule has 1 aliphatic heterocycles. The fraction of sp³-hybridized carbons (Fsp3) is 0.269. The number of aromatic nitrogens is 3. The van der Waals surface area contributed by atoms with Crippen LogP contribution in [0.15, 0.2) is 59.6 Å². The van der Waals surface area contributed by atoms with Crippen molar-refractivity contribution in [1.82, 2.24) is 18.7 Å². The highest BCUT2D eigenvalue weighted by atomic mass is 35.5. The first kappa shape index (κ1) is 25.6. The molecule has 0 aliphatic carbocycles. The van der Waals surface area contributed by atoms with E-state index in [1.165, 1.54) is 17.3 Å². The largest absolute Gasteiger partial charge is 0.340 e. The van der Waals surface area contributed by atoms with Gasteiger partial charge in [0.05, 0.1) is 18.4 Å². The fourth-order valence-electron chi connectivity index (χ4n) is 4.97. The van der Waals surface area contributed by atoms with Gasteiger partial charge in [0.2, 0.25) is 10.0 Å². The third-order valence-electron chi connectivity index (χ3n) is 6.90. The number of fused-ring (bicyclic) bond motifs is 1. The molecular weight excluding hydrogens is 525 g/mol. The Hall–Kier alpha value is -3.08. The van der Waals surface area contributed by atoms with E-state index in [0.29, 0.717) is 21.7 Å². The third kappa shape index (κ3) is 4.36. The molecule has 2 aromatic heterocycles. The van der Waals surface area contributed by atoms with Crippen molar-refractivity contribution in [3.63, 3.8) is 0 Å². The van der Waals surface area contributed by atoms with Crippen LogP contribution in [-0.4, -0.2) is 40.2 Å². The lowest BCUT2D eigenvalue weighted by Gasteiger charge is -2.26. The van der Waals surface area contributed by atoms with E-state index in [1.54, 1.807) is 12.1 Å². The van der Waals surface area contributed by atoms with Crippen LogP contribution < -0.4 is 0 Å². The van der Waals surface area contributed by atoms with Crippen molar-refractivity contribution in [2.75, 3.05) is 13.1 Å². The molecular formula is C26H24ClF3N4O2S. The number of sulfonamides is 1. The van der Waals surface area contributed by atoms with E-state index >= 15 is 0 Å². The van der Waals surface area contributed by atoms with Crippen molar-refractivity contribution in [2.24, 2.45) is 0 Å². The summed E-state index contributed by atoms with van der Waals surface area (Å²) >= 11 is 6.30. The van der Waals surface area contributed by atoms with Crippen molar-refractivity contribution in [1.29, 1.82) is 0 Å². The number of hydrogen-bond donors (Lipinski definition) is 0. The van der Waals surface area contributed by atoms with E-state index in [-0.39, 0.29) is 36.0 Å². The molecule has 0 saturated heterocycles. The van der Waals surface area contributed by atoms with E-state index < -0.39 is 16.6 Å². The predicted octanol–water partition coefficient (Wildman–Crippen LogP) is 6.17. The molecule has 5 rings (SSSR count). The van der Waals surface area contributed by atoms with Crippen LogP contribution in [0.25, 0.3) is 16.5 Å². The molecule has 0 unspecified atom stereocenters. The summed E-state index contributed by atoms with van der Waals surface area (Å²) in [4.78, 5) is -0.223. The van der Waals surface area contributed by atoms with Crippen LogP contribution in [0, 0.1) is 19.7 Å². The van der Waals surface area contributed by atoms with Crippen molar-refractivity contribution in [3.8, 4) is 0 Å². The number of nitrogens with zero attached hydrogens (tertiary/aromatic N) is 4. The molecule has 0 fully saturated rings. The molecule has 6 nitrogen and oxygen atoms in total. The average Bonchev–Trinajstić information content (AvgIpc) is 3.39. The lowest BCUT2D eigenvalue weighted by Crippen LogP contribution is -2.35. The molecule has 2 aromatic carbocycles. The monoisotopic (exact) mass is 548 g/mol. The van der Waals surface area contributed by atoms with Gasteiger partial charge in [-0.3, -0.25) is 0 Å². The van der Waals surface area contributed by atoms with Gasteiger partial charge in [-0.25, -0.2) is 17.5 Å². The molecule has 3 heterocycles. The van der Waals surface area contributed by atoms with Gasteiger partial charge in [-0.1, -0.05) is 41.9 Å². The molecule has 0 N–H and O–H groups in total. The van der Waals surface area contributed by atoms with E-state index in [4.69, 9.17) is 11.6 Å². The number of halogens is 4. The van der Waals surface area contributed by atoms with Gasteiger partial charge in [-0.05, 0) is 44.0 Å². The molecule has 0 amide bonds. The second-order valence-corrected chi connectivity index (χ2v) is 11.2. The molecule has 194 valence electrons. The molecule has 0 spiro atoms. The van der Waals surface area contributed by atoms with Crippen LogP contribution in [-0.2, 0) is 16.6 Å². The number of alkyl halides is 2. The second kappa shape index (κ2) is 9.66. The Morgan fingerprint density at radius 1 is 1.08 bits per heavy atom. The van der Waals surface area contributed by atoms with Gasteiger partial charge in [0, 0.05) is 45.8 Å². The molecule has 0 saturated carbocycles. The van der Waals surface area contributed by atoms with Gasteiger partial charge in [-0.2, -0.15) is 18.2 Å². The smallest absolute Gasteiger partial charge is 0.333 e. The van der Waals surface area contributed by atoms with Crippen molar-refractivity contribution < 1.29 is 21.6 Å². The van der Waals surface area contributed by atoms with Crippen LogP contribution in [0.4, 0.5) is 13.2 Å². The summed E-state index contributed by atoms with van der Waals surface area (Å²) in [6, 6.07) is 12.4. The Kier molecular flexibility index (Phi) is 6.68. The number of para-hydroxylation sites is 1. The first-order valence-electron chi connectivity index (χ1n) is 11.6. The highest BCUT2D eigenvalue weighted by Crippen LogP contribution is 2.36. The Labute approximate surface area is 217 Å². The van der Waals surface area contributed by atoms with Crippen LogP contribution in [0.1, 0.15) is 35.5 Å². The molecule has 0 atom stereocenters. The maximum absolute atomic E-state index is 14.6. The number of hydrogen-bond acceptors (Lipinski definition) is 3.